The first-order valence-corrected chi connectivity index (χ1v) is 8.07. The fourth-order valence-corrected chi connectivity index (χ4v) is 2.94. The third-order valence-corrected chi connectivity index (χ3v) is 4.59. The standard InChI is InChI=1S/C11H16N6OS2/c1-4-7-13-16-11(17(7)3)19-6-8(18)12-10-15-14-9(5-2)20-10/h4-6H2,1-3H3,(H,12,15,18). The van der Waals surface area contributed by atoms with Crippen LogP contribution in [0.4, 0.5) is 5.13 Å². The van der Waals surface area contributed by atoms with Crippen LogP contribution in [0.2, 0.25) is 0 Å². The van der Waals surface area contributed by atoms with Crippen molar-refractivity contribution in [3.8, 4) is 0 Å². The molecule has 1 amide bonds. The second-order valence-electron chi connectivity index (χ2n) is 4.00. The van der Waals surface area contributed by atoms with Gasteiger partial charge in [-0.2, -0.15) is 0 Å². The largest absolute Gasteiger partial charge is 0.309 e. The molecule has 7 nitrogen and oxygen atoms in total. The molecule has 1 N–H and O–H groups in total. The number of amides is 1. The number of aryl methyl sites for hydroxylation is 2. The van der Waals surface area contributed by atoms with Crippen LogP contribution < -0.4 is 5.32 Å². The first-order valence-electron chi connectivity index (χ1n) is 6.27. The van der Waals surface area contributed by atoms with Gasteiger partial charge in [0.05, 0.1) is 5.75 Å². The van der Waals surface area contributed by atoms with E-state index in [2.05, 4.69) is 25.7 Å². The van der Waals surface area contributed by atoms with Crippen molar-refractivity contribution < 1.29 is 4.79 Å². The lowest BCUT2D eigenvalue weighted by molar-refractivity contribution is -0.113. The predicted octanol–water partition coefficient (Wildman–Crippen LogP) is 1.52. The second kappa shape index (κ2) is 6.80. The second-order valence-corrected chi connectivity index (χ2v) is 6.01. The number of hydrogen-bond acceptors (Lipinski definition) is 7. The molecule has 2 heterocycles. The zero-order chi connectivity index (χ0) is 14.5. The first kappa shape index (κ1) is 14.9. The zero-order valence-corrected chi connectivity index (χ0v) is 13.2. The van der Waals surface area contributed by atoms with Crippen LogP contribution in [0.25, 0.3) is 0 Å². The van der Waals surface area contributed by atoms with Gasteiger partial charge >= 0.3 is 0 Å². The molecule has 0 aliphatic carbocycles. The minimum absolute atomic E-state index is 0.116. The summed E-state index contributed by atoms with van der Waals surface area (Å²) in [5, 5.41) is 20.9. The minimum Gasteiger partial charge on any atom is -0.309 e. The van der Waals surface area contributed by atoms with E-state index in [1.165, 1.54) is 23.1 Å². The maximum atomic E-state index is 11.8. The van der Waals surface area contributed by atoms with E-state index in [-0.39, 0.29) is 11.7 Å². The summed E-state index contributed by atoms with van der Waals surface area (Å²) < 4.78 is 1.90. The Morgan fingerprint density at radius 2 is 2.05 bits per heavy atom. The molecule has 0 aromatic carbocycles. The van der Waals surface area contributed by atoms with E-state index < -0.39 is 0 Å². The highest BCUT2D eigenvalue weighted by Gasteiger charge is 2.12. The van der Waals surface area contributed by atoms with Crippen LogP contribution in [0.3, 0.4) is 0 Å². The number of carbonyl (C=O) groups is 1. The molecule has 0 saturated heterocycles. The Morgan fingerprint density at radius 3 is 2.65 bits per heavy atom. The van der Waals surface area contributed by atoms with E-state index in [1.807, 2.05) is 25.5 Å². The first-order chi connectivity index (χ1) is 9.63. The number of carbonyl (C=O) groups excluding carboxylic acids is 1. The van der Waals surface area contributed by atoms with Crippen molar-refractivity contribution in [3.63, 3.8) is 0 Å². The molecule has 2 rings (SSSR count). The summed E-state index contributed by atoms with van der Waals surface area (Å²) >= 11 is 2.75. The van der Waals surface area contributed by atoms with Crippen LogP contribution in [0, 0.1) is 0 Å². The fourth-order valence-electron chi connectivity index (χ4n) is 1.51. The molecule has 0 unspecified atom stereocenters. The van der Waals surface area contributed by atoms with Crippen LogP contribution in [0.1, 0.15) is 24.7 Å². The molecule has 0 radical (unpaired) electrons. The minimum atomic E-state index is -0.116. The van der Waals surface area contributed by atoms with Crippen molar-refractivity contribution in [1.29, 1.82) is 0 Å². The molecule has 2 aromatic heterocycles. The van der Waals surface area contributed by atoms with Gasteiger partial charge in [-0.15, -0.1) is 20.4 Å². The summed E-state index contributed by atoms with van der Waals surface area (Å²) in [5.74, 6) is 1.07. The van der Waals surface area contributed by atoms with E-state index in [4.69, 9.17) is 0 Å². The number of aromatic nitrogens is 5. The summed E-state index contributed by atoms with van der Waals surface area (Å²) in [6.45, 7) is 4.02. The van der Waals surface area contributed by atoms with E-state index in [0.717, 1.165) is 28.8 Å². The summed E-state index contributed by atoms with van der Waals surface area (Å²) in [7, 11) is 1.90. The molecule has 2 aromatic rings. The zero-order valence-electron chi connectivity index (χ0n) is 11.6. The lowest BCUT2D eigenvalue weighted by Gasteiger charge is -2.02. The van der Waals surface area contributed by atoms with Gasteiger partial charge < -0.3 is 4.57 Å². The lowest BCUT2D eigenvalue weighted by atomic mass is 10.5. The van der Waals surface area contributed by atoms with E-state index in [0.29, 0.717) is 5.13 Å². The summed E-state index contributed by atoms with van der Waals surface area (Å²) in [6, 6.07) is 0. The summed E-state index contributed by atoms with van der Waals surface area (Å²) in [6.07, 6.45) is 1.64. The van der Waals surface area contributed by atoms with Crippen molar-refractivity contribution in [2.75, 3.05) is 11.1 Å². The number of nitrogens with zero attached hydrogens (tertiary/aromatic N) is 5. The Kier molecular flexibility index (Phi) is 5.07. The molecule has 0 aliphatic rings. The topological polar surface area (TPSA) is 85.6 Å². The molecule has 0 aliphatic heterocycles. The van der Waals surface area contributed by atoms with Gasteiger partial charge in [0.1, 0.15) is 10.8 Å². The predicted molar refractivity (Wildman–Crippen MR) is 79.0 cm³/mol. The summed E-state index contributed by atoms with van der Waals surface area (Å²) in [4.78, 5) is 11.8. The van der Waals surface area contributed by atoms with E-state index >= 15 is 0 Å². The maximum Gasteiger partial charge on any atom is 0.236 e. The van der Waals surface area contributed by atoms with Gasteiger partial charge in [0.2, 0.25) is 11.0 Å². The van der Waals surface area contributed by atoms with Crippen molar-refractivity contribution >= 4 is 34.1 Å². The van der Waals surface area contributed by atoms with Crippen molar-refractivity contribution in [2.24, 2.45) is 7.05 Å². The number of anilines is 1. The maximum absolute atomic E-state index is 11.8. The van der Waals surface area contributed by atoms with E-state index in [9.17, 15) is 4.79 Å². The fraction of sp³-hybridized carbons (Fsp3) is 0.545. The normalized spacial score (nSPS) is 10.8. The average Bonchev–Trinajstić information content (AvgIpc) is 3.03. The molecular formula is C11H16N6OS2. The third-order valence-electron chi connectivity index (χ3n) is 2.59. The molecule has 0 bridgehead atoms. The number of nitrogens with one attached hydrogen (secondary N) is 1. The Hall–Kier alpha value is -1.48. The Labute approximate surface area is 125 Å². The van der Waals surface area contributed by atoms with Crippen molar-refractivity contribution in [2.45, 2.75) is 31.8 Å². The van der Waals surface area contributed by atoms with Gasteiger partial charge in [-0.05, 0) is 6.42 Å². The van der Waals surface area contributed by atoms with Gasteiger partial charge in [0, 0.05) is 13.5 Å². The summed E-state index contributed by atoms with van der Waals surface area (Å²) in [5.41, 5.74) is 0. The Balaban J connectivity index is 1.87. The van der Waals surface area contributed by atoms with Gasteiger partial charge in [-0.1, -0.05) is 36.9 Å². The average molecular weight is 312 g/mol. The van der Waals surface area contributed by atoms with Crippen LogP contribution in [0.15, 0.2) is 5.16 Å². The SMILES string of the molecule is CCc1nnc(NC(=O)CSc2nnc(CC)n2C)s1. The van der Waals surface area contributed by atoms with Crippen LogP contribution in [-0.4, -0.2) is 36.6 Å². The number of hydrogen-bond donors (Lipinski definition) is 1. The highest BCUT2D eigenvalue weighted by atomic mass is 32.2. The third kappa shape index (κ3) is 3.54. The van der Waals surface area contributed by atoms with Crippen LogP contribution in [0.5, 0.6) is 0 Å². The lowest BCUT2D eigenvalue weighted by Crippen LogP contribution is -2.14. The smallest absolute Gasteiger partial charge is 0.236 e. The Bertz CT molecular complexity index is 594. The van der Waals surface area contributed by atoms with Gasteiger partial charge in [-0.3, -0.25) is 10.1 Å². The van der Waals surface area contributed by atoms with Crippen molar-refractivity contribution in [1.82, 2.24) is 25.0 Å². The molecule has 0 spiro atoms. The molecule has 108 valence electrons. The monoisotopic (exact) mass is 312 g/mol. The van der Waals surface area contributed by atoms with Crippen LogP contribution >= 0.6 is 23.1 Å². The Morgan fingerprint density at radius 1 is 1.25 bits per heavy atom. The quantitative estimate of drug-likeness (QED) is 0.814. The highest BCUT2D eigenvalue weighted by Crippen LogP contribution is 2.18. The number of rotatable bonds is 6. The molecule has 9 heteroatoms. The molecule has 0 fully saturated rings. The van der Waals surface area contributed by atoms with Gasteiger partial charge in [-0.25, -0.2) is 0 Å². The van der Waals surface area contributed by atoms with Crippen LogP contribution in [-0.2, 0) is 24.7 Å². The number of thioether (sulfide) groups is 1. The van der Waals surface area contributed by atoms with Gasteiger partial charge in [0.15, 0.2) is 5.16 Å². The highest BCUT2D eigenvalue weighted by molar-refractivity contribution is 7.99. The van der Waals surface area contributed by atoms with Gasteiger partial charge in [0.25, 0.3) is 0 Å². The molecule has 20 heavy (non-hydrogen) atoms. The molecule has 0 atom stereocenters. The molecular weight excluding hydrogens is 296 g/mol. The molecule has 0 saturated carbocycles. The van der Waals surface area contributed by atoms with E-state index in [1.54, 1.807) is 0 Å². The van der Waals surface area contributed by atoms with Crippen molar-refractivity contribution in [3.05, 3.63) is 10.8 Å².